The number of ether oxygens (including phenoxy) is 3. The fraction of sp³-hybridized carbons (Fsp3) is 0.381. The van der Waals surface area contributed by atoms with Gasteiger partial charge in [0.05, 0.1) is 31.2 Å². The first-order chi connectivity index (χ1) is 13.7. The van der Waals surface area contributed by atoms with Crippen LogP contribution in [0.1, 0.15) is 26.5 Å². The highest BCUT2D eigenvalue weighted by atomic mass is 16.6. The number of amides is 1. The largest absolute Gasteiger partial charge is 0.493 e. The molecule has 1 aromatic carbocycles. The molecule has 0 fully saturated rings. The molecule has 0 aliphatic rings. The highest BCUT2D eigenvalue weighted by Crippen LogP contribution is 2.31. The Morgan fingerprint density at radius 1 is 1.17 bits per heavy atom. The van der Waals surface area contributed by atoms with Crippen molar-refractivity contribution >= 4 is 11.7 Å². The third-order valence-corrected chi connectivity index (χ3v) is 3.93. The molecule has 0 bridgehead atoms. The van der Waals surface area contributed by atoms with E-state index in [9.17, 15) is 4.79 Å². The molecule has 2 aromatic heterocycles. The summed E-state index contributed by atoms with van der Waals surface area (Å²) in [6, 6.07) is 9.45. The lowest BCUT2D eigenvalue weighted by molar-refractivity contribution is 0.0520. The summed E-state index contributed by atoms with van der Waals surface area (Å²) in [5.41, 5.74) is 2.88. The molecule has 0 atom stereocenters. The third kappa shape index (κ3) is 5.37. The maximum Gasteiger partial charge on any atom is 0.407 e. The smallest absolute Gasteiger partial charge is 0.407 e. The molecule has 0 spiro atoms. The maximum atomic E-state index is 11.7. The van der Waals surface area contributed by atoms with Crippen molar-refractivity contribution in [1.29, 1.82) is 0 Å². The van der Waals surface area contributed by atoms with Crippen LogP contribution in [0.3, 0.4) is 0 Å². The average Bonchev–Trinajstić information content (AvgIpc) is 3.03. The van der Waals surface area contributed by atoms with Gasteiger partial charge in [-0.2, -0.15) is 5.10 Å². The van der Waals surface area contributed by atoms with Gasteiger partial charge in [-0.05, 0) is 58.0 Å². The summed E-state index contributed by atoms with van der Waals surface area (Å²) in [4.78, 5) is 16.0. The zero-order chi connectivity index (χ0) is 21.0. The summed E-state index contributed by atoms with van der Waals surface area (Å²) >= 11 is 0. The molecular formula is C21H26N4O4. The number of methoxy groups -OCH3 is 1. The first-order valence-corrected chi connectivity index (χ1v) is 9.36. The van der Waals surface area contributed by atoms with E-state index in [0.29, 0.717) is 18.0 Å². The number of nitrogens with zero attached hydrogens (tertiary/aromatic N) is 3. The van der Waals surface area contributed by atoms with E-state index in [0.717, 1.165) is 22.6 Å². The van der Waals surface area contributed by atoms with Crippen LogP contribution in [0.2, 0.25) is 0 Å². The third-order valence-electron chi connectivity index (χ3n) is 3.93. The van der Waals surface area contributed by atoms with Crippen LogP contribution in [0.4, 0.5) is 4.79 Å². The molecule has 154 valence electrons. The Kier molecular flexibility index (Phi) is 5.91. The van der Waals surface area contributed by atoms with E-state index >= 15 is 0 Å². The summed E-state index contributed by atoms with van der Waals surface area (Å²) in [5.74, 6) is 1.17. The van der Waals surface area contributed by atoms with Gasteiger partial charge in [-0.25, -0.2) is 14.3 Å². The standard InChI is InChI=1S/C21H26N4O4/c1-14-13-25-19(23-14)9-7-16(24-25)15-6-8-17(18(12-15)27-5)28-11-10-22-20(26)29-21(2,3)4/h6-9,12-13H,10-11H2,1-5H3,(H,22,26). The van der Waals surface area contributed by atoms with Gasteiger partial charge in [0.15, 0.2) is 17.1 Å². The lowest BCUT2D eigenvalue weighted by atomic mass is 10.1. The number of nitrogens with one attached hydrogen (secondary N) is 1. The van der Waals surface area contributed by atoms with Crippen LogP contribution in [0.25, 0.3) is 16.9 Å². The van der Waals surface area contributed by atoms with E-state index in [1.165, 1.54) is 0 Å². The molecule has 8 heteroatoms. The average molecular weight is 398 g/mol. The van der Waals surface area contributed by atoms with Gasteiger partial charge in [-0.1, -0.05) is 0 Å². The Morgan fingerprint density at radius 2 is 1.97 bits per heavy atom. The summed E-state index contributed by atoms with van der Waals surface area (Å²) in [7, 11) is 1.58. The normalized spacial score (nSPS) is 11.3. The molecular weight excluding hydrogens is 372 g/mol. The zero-order valence-electron chi connectivity index (χ0n) is 17.4. The van der Waals surface area contributed by atoms with Crippen molar-refractivity contribution in [3.8, 4) is 22.8 Å². The Balaban J connectivity index is 1.64. The number of benzene rings is 1. The molecule has 0 saturated heterocycles. The van der Waals surface area contributed by atoms with Gasteiger partial charge in [-0.3, -0.25) is 0 Å². The highest BCUT2D eigenvalue weighted by Gasteiger charge is 2.15. The van der Waals surface area contributed by atoms with Gasteiger partial charge in [-0.15, -0.1) is 0 Å². The van der Waals surface area contributed by atoms with Gasteiger partial charge in [0.1, 0.15) is 12.2 Å². The second kappa shape index (κ2) is 8.38. The number of alkyl carbamates (subject to hydrolysis) is 1. The number of carbonyl (C=O) groups excluding carboxylic acids is 1. The maximum absolute atomic E-state index is 11.7. The minimum absolute atomic E-state index is 0.285. The van der Waals surface area contributed by atoms with Crippen molar-refractivity contribution in [2.24, 2.45) is 0 Å². The first kappa shape index (κ1) is 20.4. The molecule has 3 aromatic rings. The van der Waals surface area contributed by atoms with Crippen LogP contribution >= 0.6 is 0 Å². The van der Waals surface area contributed by atoms with Crippen LogP contribution in [0, 0.1) is 6.92 Å². The van der Waals surface area contributed by atoms with Crippen LogP contribution in [-0.4, -0.2) is 46.6 Å². The second-order valence-corrected chi connectivity index (χ2v) is 7.55. The SMILES string of the molecule is COc1cc(-c2ccc3nc(C)cn3n2)ccc1OCCNC(=O)OC(C)(C)C. The predicted octanol–water partition coefficient (Wildman–Crippen LogP) is 3.62. The molecule has 1 N–H and O–H groups in total. The number of imidazole rings is 1. The zero-order valence-corrected chi connectivity index (χ0v) is 17.4. The molecule has 0 unspecified atom stereocenters. The van der Waals surface area contributed by atoms with Crippen molar-refractivity contribution in [3.63, 3.8) is 0 Å². The highest BCUT2D eigenvalue weighted by molar-refractivity contribution is 5.67. The fourth-order valence-electron chi connectivity index (χ4n) is 2.73. The summed E-state index contributed by atoms with van der Waals surface area (Å²) in [6.07, 6.45) is 1.41. The van der Waals surface area contributed by atoms with Crippen LogP contribution in [0.15, 0.2) is 36.5 Å². The van der Waals surface area contributed by atoms with Crippen LogP contribution in [-0.2, 0) is 4.74 Å². The van der Waals surface area contributed by atoms with Crippen molar-refractivity contribution < 1.29 is 19.0 Å². The number of hydrogen-bond acceptors (Lipinski definition) is 6. The topological polar surface area (TPSA) is 87.0 Å². The number of fused-ring (bicyclic) bond motifs is 1. The van der Waals surface area contributed by atoms with E-state index in [4.69, 9.17) is 14.2 Å². The minimum Gasteiger partial charge on any atom is -0.493 e. The molecule has 0 aliphatic heterocycles. The van der Waals surface area contributed by atoms with Crippen molar-refractivity contribution in [2.75, 3.05) is 20.3 Å². The van der Waals surface area contributed by atoms with Crippen LogP contribution < -0.4 is 14.8 Å². The minimum atomic E-state index is -0.531. The fourth-order valence-corrected chi connectivity index (χ4v) is 2.73. The van der Waals surface area contributed by atoms with Crippen LogP contribution in [0.5, 0.6) is 11.5 Å². The van der Waals surface area contributed by atoms with Gasteiger partial charge in [0.2, 0.25) is 0 Å². The van der Waals surface area contributed by atoms with E-state index in [1.807, 2.05) is 64.2 Å². The van der Waals surface area contributed by atoms with Crippen molar-refractivity contribution in [2.45, 2.75) is 33.3 Å². The lowest BCUT2D eigenvalue weighted by Crippen LogP contribution is -2.34. The van der Waals surface area contributed by atoms with Gasteiger partial charge in [0, 0.05) is 5.56 Å². The molecule has 1 amide bonds. The number of hydrogen-bond donors (Lipinski definition) is 1. The monoisotopic (exact) mass is 398 g/mol. The van der Waals surface area contributed by atoms with Gasteiger partial charge in [0.25, 0.3) is 0 Å². The second-order valence-electron chi connectivity index (χ2n) is 7.55. The Labute approximate surface area is 169 Å². The van der Waals surface area contributed by atoms with E-state index < -0.39 is 11.7 Å². The molecule has 3 rings (SSSR count). The Hall–Kier alpha value is -3.29. The van der Waals surface area contributed by atoms with Gasteiger partial charge >= 0.3 is 6.09 Å². The van der Waals surface area contributed by atoms with E-state index in [1.54, 1.807) is 11.6 Å². The number of aryl methyl sites for hydroxylation is 1. The quantitative estimate of drug-likeness (QED) is 0.638. The Bertz CT molecular complexity index is 1010. The molecule has 0 radical (unpaired) electrons. The lowest BCUT2D eigenvalue weighted by Gasteiger charge is -2.19. The molecule has 2 heterocycles. The van der Waals surface area contributed by atoms with Crippen molar-refractivity contribution in [1.82, 2.24) is 19.9 Å². The van der Waals surface area contributed by atoms with Gasteiger partial charge < -0.3 is 19.5 Å². The number of rotatable bonds is 6. The first-order valence-electron chi connectivity index (χ1n) is 9.36. The molecule has 29 heavy (non-hydrogen) atoms. The molecule has 0 aliphatic carbocycles. The molecule has 8 nitrogen and oxygen atoms in total. The Morgan fingerprint density at radius 3 is 2.69 bits per heavy atom. The molecule has 0 saturated carbocycles. The van der Waals surface area contributed by atoms with E-state index in [2.05, 4.69) is 15.4 Å². The summed E-state index contributed by atoms with van der Waals surface area (Å²) in [6.45, 7) is 7.98. The number of carbonyl (C=O) groups is 1. The van der Waals surface area contributed by atoms with E-state index in [-0.39, 0.29) is 6.61 Å². The number of aromatic nitrogens is 3. The van der Waals surface area contributed by atoms with Crippen molar-refractivity contribution in [3.05, 3.63) is 42.2 Å². The predicted molar refractivity (Wildman–Crippen MR) is 109 cm³/mol. The summed E-state index contributed by atoms with van der Waals surface area (Å²) in [5, 5.41) is 7.25. The summed E-state index contributed by atoms with van der Waals surface area (Å²) < 4.78 is 18.1.